The number of hydrogen-bond donors (Lipinski definition) is 2. The highest BCUT2D eigenvalue weighted by atomic mass is 19.2. The number of carbonyl (C=O) groups excluding carboxylic acids is 1. The number of aromatic carboxylic acids is 1. The molecule has 0 aliphatic carbocycles. The van der Waals surface area contributed by atoms with Crippen molar-refractivity contribution in [2.24, 2.45) is 0 Å². The largest absolute Gasteiger partial charge is 0.478 e. The van der Waals surface area contributed by atoms with Gasteiger partial charge in [-0.3, -0.25) is 4.79 Å². The molecule has 2 N–H and O–H groups in total. The van der Waals surface area contributed by atoms with Crippen LogP contribution in [0.3, 0.4) is 0 Å². The van der Waals surface area contributed by atoms with Gasteiger partial charge in [0.05, 0.1) is 11.3 Å². The standard InChI is InChI=1S/C12H6F3NO4/c13-6-2-8(15)9(3-7(6)14)16-11(17)10-1-5(4-20-10)12(18)19/h1-4H,(H,16,17)(H,18,19). The van der Waals surface area contributed by atoms with Crippen molar-refractivity contribution in [1.29, 1.82) is 0 Å². The molecule has 0 fully saturated rings. The SMILES string of the molecule is O=C(O)c1coc(C(=O)Nc2cc(F)c(F)cc2F)c1. The Kier molecular flexibility index (Phi) is 3.47. The Labute approximate surface area is 109 Å². The van der Waals surface area contributed by atoms with E-state index < -0.39 is 40.8 Å². The average Bonchev–Trinajstić information content (AvgIpc) is 2.85. The molecule has 0 aliphatic rings. The smallest absolute Gasteiger partial charge is 0.338 e. The molecule has 5 nitrogen and oxygen atoms in total. The molecule has 0 spiro atoms. The van der Waals surface area contributed by atoms with Crippen LogP contribution in [0.25, 0.3) is 0 Å². The summed E-state index contributed by atoms with van der Waals surface area (Å²) in [5, 5.41) is 10.6. The number of hydrogen-bond acceptors (Lipinski definition) is 3. The first-order chi connectivity index (χ1) is 9.38. The van der Waals surface area contributed by atoms with E-state index in [1.165, 1.54) is 0 Å². The van der Waals surface area contributed by atoms with Gasteiger partial charge in [-0.15, -0.1) is 0 Å². The molecule has 2 aromatic rings. The minimum absolute atomic E-state index is 0.274. The first-order valence-corrected chi connectivity index (χ1v) is 5.16. The fourth-order valence-electron chi connectivity index (χ4n) is 1.37. The van der Waals surface area contributed by atoms with Crippen molar-refractivity contribution < 1.29 is 32.3 Å². The molecule has 0 saturated carbocycles. The molecule has 0 aliphatic heterocycles. The van der Waals surface area contributed by atoms with Crippen LogP contribution in [0.5, 0.6) is 0 Å². The molecule has 0 radical (unpaired) electrons. The molecule has 8 heteroatoms. The van der Waals surface area contributed by atoms with Gasteiger partial charge in [-0.1, -0.05) is 0 Å². The van der Waals surface area contributed by atoms with E-state index in [0.717, 1.165) is 12.3 Å². The van der Waals surface area contributed by atoms with Gasteiger partial charge >= 0.3 is 5.97 Å². The summed E-state index contributed by atoms with van der Waals surface area (Å²) < 4.78 is 43.6. The maximum Gasteiger partial charge on any atom is 0.338 e. The van der Waals surface area contributed by atoms with Crippen molar-refractivity contribution in [2.45, 2.75) is 0 Å². The minimum Gasteiger partial charge on any atom is -0.478 e. The molecule has 0 saturated heterocycles. The first kappa shape index (κ1) is 13.7. The molecule has 2 rings (SSSR count). The second-order valence-electron chi connectivity index (χ2n) is 3.71. The second kappa shape index (κ2) is 5.08. The Morgan fingerprint density at radius 2 is 1.70 bits per heavy atom. The van der Waals surface area contributed by atoms with Crippen LogP contribution < -0.4 is 5.32 Å². The lowest BCUT2D eigenvalue weighted by atomic mass is 10.2. The zero-order chi connectivity index (χ0) is 14.9. The summed E-state index contributed by atoms with van der Waals surface area (Å²) in [5.41, 5.74) is -0.872. The van der Waals surface area contributed by atoms with Gasteiger partial charge in [-0.05, 0) is 0 Å². The molecule has 1 aromatic carbocycles. The summed E-state index contributed by atoms with van der Waals surface area (Å²) >= 11 is 0. The molecule has 0 atom stereocenters. The van der Waals surface area contributed by atoms with E-state index in [0.29, 0.717) is 6.07 Å². The number of halogens is 3. The molecule has 1 heterocycles. The summed E-state index contributed by atoms with van der Waals surface area (Å²) in [6, 6.07) is 1.65. The first-order valence-electron chi connectivity index (χ1n) is 5.16. The quantitative estimate of drug-likeness (QED) is 0.850. The molecule has 104 valence electrons. The summed E-state index contributed by atoms with van der Waals surface area (Å²) in [6.07, 6.45) is 0.818. The lowest BCUT2D eigenvalue weighted by molar-refractivity contribution is 0.0696. The number of nitrogens with one attached hydrogen (secondary N) is 1. The summed E-state index contributed by atoms with van der Waals surface area (Å²) in [4.78, 5) is 22.2. The van der Waals surface area contributed by atoms with Crippen molar-refractivity contribution in [3.63, 3.8) is 0 Å². The average molecular weight is 285 g/mol. The number of carbonyl (C=O) groups is 2. The number of benzene rings is 1. The van der Waals surface area contributed by atoms with Crippen LogP contribution in [0.15, 0.2) is 28.9 Å². The van der Waals surface area contributed by atoms with E-state index in [1.54, 1.807) is 0 Å². The maximum absolute atomic E-state index is 13.3. The summed E-state index contributed by atoms with van der Waals surface area (Å²) in [6.45, 7) is 0. The van der Waals surface area contributed by atoms with E-state index in [2.05, 4.69) is 4.42 Å². The highest BCUT2D eigenvalue weighted by molar-refractivity contribution is 6.03. The van der Waals surface area contributed by atoms with Crippen molar-refractivity contribution in [1.82, 2.24) is 0 Å². The third-order valence-corrected chi connectivity index (χ3v) is 2.33. The van der Waals surface area contributed by atoms with Gasteiger partial charge in [0.15, 0.2) is 17.4 Å². The van der Waals surface area contributed by atoms with Gasteiger partial charge in [0, 0.05) is 18.2 Å². The van der Waals surface area contributed by atoms with Crippen LogP contribution in [0.4, 0.5) is 18.9 Å². The Hall–Kier alpha value is -2.77. The van der Waals surface area contributed by atoms with Crippen LogP contribution in [0.1, 0.15) is 20.9 Å². The van der Waals surface area contributed by atoms with Gasteiger partial charge in [0.25, 0.3) is 5.91 Å². The van der Waals surface area contributed by atoms with E-state index in [1.807, 2.05) is 5.32 Å². The van der Waals surface area contributed by atoms with Gasteiger partial charge < -0.3 is 14.8 Å². The van der Waals surface area contributed by atoms with E-state index >= 15 is 0 Å². The molecule has 0 unspecified atom stereocenters. The number of furan rings is 1. The van der Waals surface area contributed by atoms with Crippen LogP contribution in [0.2, 0.25) is 0 Å². The highest BCUT2D eigenvalue weighted by Gasteiger charge is 2.17. The van der Waals surface area contributed by atoms with Gasteiger partial charge in [-0.25, -0.2) is 18.0 Å². The van der Waals surface area contributed by atoms with E-state index in [-0.39, 0.29) is 11.6 Å². The molecule has 1 amide bonds. The van der Waals surface area contributed by atoms with Gasteiger partial charge in [0.2, 0.25) is 0 Å². The van der Waals surface area contributed by atoms with E-state index in [4.69, 9.17) is 5.11 Å². The molecule has 20 heavy (non-hydrogen) atoms. The third kappa shape index (κ3) is 2.63. The Balaban J connectivity index is 2.23. The Morgan fingerprint density at radius 3 is 2.30 bits per heavy atom. The van der Waals surface area contributed by atoms with E-state index in [9.17, 15) is 22.8 Å². The third-order valence-electron chi connectivity index (χ3n) is 2.33. The zero-order valence-electron chi connectivity index (χ0n) is 9.62. The molecule has 1 aromatic heterocycles. The number of anilines is 1. The topological polar surface area (TPSA) is 79.5 Å². The summed E-state index contributed by atoms with van der Waals surface area (Å²) in [7, 11) is 0. The fourth-order valence-corrected chi connectivity index (χ4v) is 1.37. The van der Waals surface area contributed by atoms with Crippen molar-refractivity contribution in [2.75, 3.05) is 5.32 Å². The van der Waals surface area contributed by atoms with Gasteiger partial charge in [0.1, 0.15) is 12.1 Å². The number of amides is 1. The lowest BCUT2D eigenvalue weighted by Gasteiger charge is -2.05. The maximum atomic E-state index is 13.3. The van der Waals surface area contributed by atoms with Crippen LogP contribution >= 0.6 is 0 Å². The number of rotatable bonds is 3. The number of carboxylic acid groups (broad SMARTS) is 1. The van der Waals surface area contributed by atoms with Crippen LogP contribution in [-0.2, 0) is 0 Å². The van der Waals surface area contributed by atoms with Gasteiger partial charge in [-0.2, -0.15) is 0 Å². The Bertz CT molecular complexity index is 696. The zero-order valence-corrected chi connectivity index (χ0v) is 9.62. The monoisotopic (exact) mass is 285 g/mol. The highest BCUT2D eigenvalue weighted by Crippen LogP contribution is 2.19. The van der Waals surface area contributed by atoms with Crippen molar-refractivity contribution in [3.05, 3.63) is 53.2 Å². The normalized spacial score (nSPS) is 10.3. The molecule has 0 bridgehead atoms. The number of carboxylic acids is 1. The van der Waals surface area contributed by atoms with Crippen LogP contribution in [-0.4, -0.2) is 17.0 Å². The second-order valence-corrected chi connectivity index (χ2v) is 3.71. The fraction of sp³-hybridized carbons (Fsp3) is 0. The van der Waals surface area contributed by atoms with Crippen LogP contribution in [0, 0.1) is 17.5 Å². The molecular weight excluding hydrogens is 279 g/mol. The predicted molar refractivity (Wildman–Crippen MR) is 59.9 cm³/mol. The Morgan fingerprint density at radius 1 is 1.05 bits per heavy atom. The van der Waals surface area contributed by atoms with Crippen molar-refractivity contribution >= 4 is 17.6 Å². The predicted octanol–water partition coefficient (Wildman–Crippen LogP) is 2.65. The van der Waals surface area contributed by atoms with Crippen molar-refractivity contribution in [3.8, 4) is 0 Å². The lowest BCUT2D eigenvalue weighted by Crippen LogP contribution is -2.12. The minimum atomic E-state index is -1.40. The summed E-state index contributed by atoms with van der Waals surface area (Å²) in [5.74, 6) is -6.64. The molecular formula is C12H6F3NO4.